The first-order chi connectivity index (χ1) is 9.16. The SMILES string of the molecule is O=C(O)c1ccc(CCC(=O)c2ccccc2)cc1. The molecule has 0 spiro atoms. The van der Waals surface area contributed by atoms with Crippen LogP contribution >= 0.6 is 0 Å². The molecule has 0 heterocycles. The summed E-state index contributed by atoms with van der Waals surface area (Å²) in [6.45, 7) is 0. The fourth-order valence-electron chi connectivity index (χ4n) is 1.84. The summed E-state index contributed by atoms with van der Waals surface area (Å²) < 4.78 is 0. The van der Waals surface area contributed by atoms with Gasteiger partial charge in [0, 0.05) is 12.0 Å². The molecule has 2 aromatic carbocycles. The molecule has 0 unspecified atom stereocenters. The van der Waals surface area contributed by atoms with Crippen molar-refractivity contribution in [3.8, 4) is 0 Å². The van der Waals surface area contributed by atoms with Crippen LogP contribution in [0.15, 0.2) is 54.6 Å². The summed E-state index contributed by atoms with van der Waals surface area (Å²) in [5, 5.41) is 8.79. The minimum atomic E-state index is -0.938. The molecule has 0 aliphatic heterocycles. The van der Waals surface area contributed by atoms with E-state index in [0.29, 0.717) is 18.4 Å². The van der Waals surface area contributed by atoms with Crippen LogP contribution < -0.4 is 0 Å². The highest BCUT2D eigenvalue weighted by Crippen LogP contribution is 2.10. The number of hydrogen-bond donors (Lipinski definition) is 1. The van der Waals surface area contributed by atoms with Gasteiger partial charge in [0.25, 0.3) is 0 Å². The molecule has 0 fully saturated rings. The van der Waals surface area contributed by atoms with E-state index < -0.39 is 5.97 Å². The van der Waals surface area contributed by atoms with Crippen LogP contribution in [0.2, 0.25) is 0 Å². The molecule has 3 heteroatoms. The Morgan fingerprint density at radius 2 is 1.47 bits per heavy atom. The molecule has 96 valence electrons. The van der Waals surface area contributed by atoms with Crippen LogP contribution in [0.25, 0.3) is 0 Å². The van der Waals surface area contributed by atoms with Crippen molar-refractivity contribution in [2.24, 2.45) is 0 Å². The minimum Gasteiger partial charge on any atom is -0.478 e. The molecule has 0 bridgehead atoms. The van der Waals surface area contributed by atoms with Crippen molar-refractivity contribution in [3.05, 3.63) is 71.3 Å². The molecule has 3 nitrogen and oxygen atoms in total. The van der Waals surface area contributed by atoms with E-state index in [1.807, 2.05) is 18.2 Å². The number of carbonyl (C=O) groups is 2. The smallest absolute Gasteiger partial charge is 0.335 e. The Labute approximate surface area is 111 Å². The number of aromatic carboxylic acids is 1. The van der Waals surface area contributed by atoms with Gasteiger partial charge in [-0.1, -0.05) is 42.5 Å². The molecular formula is C16H14O3. The summed E-state index contributed by atoms with van der Waals surface area (Å²) in [6.07, 6.45) is 1.05. The van der Waals surface area contributed by atoms with Crippen LogP contribution in [0.3, 0.4) is 0 Å². The number of carboxylic acids is 1. The Hall–Kier alpha value is -2.42. The minimum absolute atomic E-state index is 0.0999. The lowest BCUT2D eigenvalue weighted by Crippen LogP contribution is -2.01. The molecule has 19 heavy (non-hydrogen) atoms. The molecule has 0 saturated carbocycles. The van der Waals surface area contributed by atoms with E-state index in [9.17, 15) is 9.59 Å². The van der Waals surface area contributed by atoms with Crippen molar-refractivity contribution in [2.75, 3.05) is 0 Å². The quantitative estimate of drug-likeness (QED) is 0.833. The van der Waals surface area contributed by atoms with Gasteiger partial charge in [0.05, 0.1) is 5.56 Å². The molecule has 1 N–H and O–H groups in total. The average molecular weight is 254 g/mol. The van der Waals surface area contributed by atoms with Crippen LogP contribution in [0.4, 0.5) is 0 Å². The molecule has 0 aromatic heterocycles. The number of ketones is 1. The summed E-state index contributed by atoms with van der Waals surface area (Å²) in [5.41, 5.74) is 1.94. The first-order valence-corrected chi connectivity index (χ1v) is 6.07. The van der Waals surface area contributed by atoms with Gasteiger partial charge in [-0.25, -0.2) is 4.79 Å². The normalized spacial score (nSPS) is 10.1. The number of carboxylic acid groups (broad SMARTS) is 1. The van der Waals surface area contributed by atoms with Crippen molar-refractivity contribution in [3.63, 3.8) is 0 Å². The van der Waals surface area contributed by atoms with Gasteiger partial charge in [-0.15, -0.1) is 0 Å². The van der Waals surface area contributed by atoms with E-state index in [1.165, 1.54) is 0 Å². The third-order valence-electron chi connectivity index (χ3n) is 2.94. The topological polar surface area (TPSA) is 54.4 Å². The van der Waals surface area contributed by atoms with Crippen molar-refractivity contribution in [1.29, 1.82) is 0 Å². The van der Waals surface area contributed by atoms with Crippen LogP contribution in [-0.4, -0.2) is 16.9 Å². The van der Waals surface area contributed by atoms with Crippen LogP contribution in [0, 0.1) is 0 Å². The maximum Gasteiger partial charge on any atom is 0.335 e. The van der Waals surface area contributed by atoms with Gasteiger partial charge in [-0.05, 0) is 24.1 Å². The number of carbonyl (C=O) groups excluding carboxylic acids is 1. The molecule has 0 atom stereocenters. The zero-order valence-corrected chi connectivity index (χ0v) is 10.4. The molecule has 2 aromatic rings. The second-order valence-electron chi connectivity index (χ2n) is 4.29. The standard InChI is InChI=1S/C16H14O3/c17-15(13-4-2-1-3-5-13)11-8-12-6-9-14(10-7-12)16(18)19/h1-7,9-10H,8,11H2,(H,18,19). The Balaban J connectivity index is 1.95. The Morgan fingerprint density at radius 1 is 0.842 bits per heavy atom. The van der Waals surface area contributed by atoms with Crippen molar-refractivity contribution >= 4 is 11.8 Å². The van der Waals surface area contributed by atoms with Crippen LogP contribution in [0.1, 0.15) is 32.7 Å². The second-order valence-corrected chi connectivity index (χ2v) is 4.29. The highest BCUT2D eigenvalue weighted by Gasteiger charge is 2.06. The first-order valence-electron chi connectivity index (χ1n) is 6.07. The average Bonchev–Trinajstić information content (AvgIpc) is 2.46. The number of aryl methyl sites for hydroxylation is 1. The highest BCUT2D eigenvalue weighted by molar-refractivity contribution is 5.96. The fourth-order valence-corrected chi connectivity index (χ4v) is 1.84. The van der Waals surface area contributed by atoms with E-state index in [-0.39, 0.29) is 11.3 Å². The third-order valence-corrected chi connectivity index (χ3v) is 2.94. The maximum atomic E-state index is 11.9. The number of Topliss-reactive ketones (excluding diaryl/α,β-unsaturated/α-hetero) is 1. The van der Waals surface area contributed by atoms with Gasteiger partial charge in [0.1, 0.15) is 0 Å². The van der Waals surface area contributed by atoms with Crippen molar-refractivity contribution in [1.82, 2.24) is 0 Å². The third kappa shape index (κ3) is 3.52. The zero-order chi connectivity index (χ0) is 13.7. The van der Waals surface area contributed by atoms with Gasteiger partial charge < -0.3 is 5.11 Å². The largest absolute Gasteiger partial charge is 0.478 e. The maximum absolute atomic E-state index is 11.9. The summed E-state index contributed by atoms with van der Waals surface area (Å²) in [6, 6.07) is 15.8. The van der Waals surface area contributed by atoms with E-state index in [4.69, 9.17) is 5.11 Å². The second kappa shape index (κ2) is 5.96. The Kier molecular flexibility index (Phi) is 4.08. The highest BCUT2D eigenvalue weighted by atomic mass is 16.4. The van der Waals surface area contributed by atoms with E-state index >= 15 is 0 Å². The van der Waals surface area contributed by atoms with Gasteiger partial charge in [-0.3, -0.25) is 4.79 Å². The predicted molar refractivity (Wildman–Crippen MR) is 72.5 cm³/mol. The number of hydrogen-bond acceptors (Lipinski definition) is 2. The lowest BCUT2D eigenvalue weighted by atomic mass is 10.0. The number of benzene rings is 2. The molecule has 0 aliphatic carbocycles. The van der Waals surface area contributed by atoms with E-state index in [2.05, 4.69) is 0 Å². The molecular weight excluding hydrogens is 240 g/mol. The summed E-state index contributed by atoms with van der Waals surface area (Å²) in [7, 11) is 0. The monoisotopic (exact) mass is 254 g/mol. The Morgan fingerprint density at radius 3 is 2.05 bits per heavy atom. The first kappa shape index (κ1) is 13.0. The number of rotatable bonds is 5. The lowest BCUT2D eigenvalue weighted by Gasteiger charge is -2.02. The van der Waals surface area contributed by atoms with Gasteiger partial charge >= 0.3 is 5.97 Å². The van der Waals surface area contributed by atoms with Crippen molar-refractivity contribution < 1.29 is 14.7 Å². The van der Waals surface area contributed by atoms with Gasteiger partial charge in [-0.2, -0.15) is 0 Å². The fraction of sp³-hybridized carbons (Fsp3) is 0.125. The lowest BCUT2D eigenvalue weighted by molar-refractivity contribution is 0.0696. The predicted octanol–water partition coefficient (Wildman–Crippen LogP) is 3.20. The van der Waals surface area contributed by atoms with E-state index in [0.717, 1.165) is 5.56 Å². The van der Waals surface area contributed by atoms with Gasteiger partial charge in [0.2, 0.25) is 0 Å². The summed E-state index contributed by atoms with van der Waals surface area (Å²) in [5.74, 6) is -0.838. The molecule has 0 saturated heterocycles. The van der Waals surface area contributed by atoms with Crippen LogP contribution in [-0.2, 0) is 6.42 Å². The summed E-state index contributed by atoms with van der Waals surface area (Å²) in [4.78, 5) is 22.6. The van der Waals surface area contributed by atoms with Gasteiger partial charge in [0.15, 0.2) is 5.78 Å². The van der Waals surface area contributed by atoms with Crippen LogP contribution in [0.5, 0.6) is 0 Å². The summed E-state index contributed by atoms with van der Waals surface area (Å²) >= 11 is 0. The Bertz CT molecular complexity index is 571. The van der Waals surface area contributed by atoms with Crippen molar-refractivity contribution in [2.45, 2.75) is 12.8 Å². The zero-order valence-electron chi connectivity index (χ0n) is 10.4. The molecule has 0 aliphatic rings. The molecule has 0 amide bonds. The van der Waals surface area contributed by atoms with E-state index in [1.54, 1.807) is 36.4 Å². The molecule has 2 rings (SSSR count). The molecule has 0 radical (unpaired) electrons.